The number of aromatic nitrogens is 3. The van der Waals surface area contributed by atoms with E-state index in [2.05, 4.69) is 20.8 Å². The van der Waals surface area contributed by atoms with E-state index < -0.39 is 0 Å². The van der Waals surface area contributed by atoms with Crippen molar-refractivity contribution >= 4 is 46.6 Å². The molecule has 0 fully saturated rings. The Morgan fingerprint density at radius 2 is 1.80 bits per heavy atom. The van der Waals surface area contributed by atoms with Crippen molar-refractivity contribution in [1.29, 1.82) is 0 Å². The molecular weight excluding hydrogens is 429 g/mol. The third kappa shape index (κ3) is 5.80. The number of carbonyl (C=O) groups is 2. The van der Waals surface area contributed by atoms with Crippen LogP contribution in [0.4, 0.5) is 15.8 Å². The lowest BCUT2D eigenvalue weighted by Crippen LogP contribution is -2.18. The molecule has 0 atom stereocenters. The molecule has 0 bridgehead atoms. The van der Waals surface area contributed by atoms with Crippen LogP contribution in [-0.2, 0) is 22.6 Å². The van der Waals surface area contributed by atoms with E-state index in [1.165, 1.54) is 36.0 Å². The molecule has 0 aliphatic heterocycles. The van der Waals surface area contributed by atoms with Gasteiger partial charge in [-0.1, -0.05) is 35.5 Å². The standard InChI is InChI=1S/C20H19ClFN5O2S/c1-2-27-17(11-18(28)23-14-9-7-13(22)8-10-14)25-26-20(27)30-12-19(29)24-16-6-4-3-5-15(16)21/h3-10H,2,11-12H2,1H3,(H,23,28)(H,24,29). The average Bonchev–Trinajstić information content (AvgIpc) is 3.11. The van der Waals surface area contributed by atoms with Gasteiger partial charge in [0.1, 0.15) is 11.6 Å². The topological polar surface area (TPSA) is 88.9 Å². The second kappa shape index (κ2) is 10.2. The molecule has 7 nitrogen and oxygen atoms in total. The van der Waals surface area contributed by atoms with Crippen molar-refractivity contribution in [1.82, 2.24) is 14.8 Å². The van der Waals surface area contributed by atoms with Crippen molar-refractivity contribution in [2.24, 2.45) is 0 Å². The summed E-state index contributed by atoms with van der Waals surface area (Å²) in [5.41, 5.74) is 1.04. The lowest BCUT2D eigenvalue weighted by atomic mass is 10.3. The predicted molar refractivity (Wildman–Crippen MR) is 115 cm³/mol. The van der Waals surface area contributed by atoms with Crippen LogP contribution in [0.2, 0.25) is 5.02 Å². The molecule has 3 rings (SSSR count). The van der Waals surface area contributed by atoms with Crippen LogP contribution in [0.5, 0.6) is 0 Å². The van der Waals surface area contributed by atoms with Gasteiger partial charge in [0.15, 0.2) is 5.16 Å². The zero-order valence-corrected chi connectivity index (χ0v) is 17.6. The minimum absolute atomic E-state index is 0.00456. The van der Waals surface area contributed by atoms with Gasteiger partial charge >= 0.3 is 0 Å². The van der Waals surface area contributed by atoms with Gasteiger partial charge in [0.05, 0.1) is 22.9 Å². The third-order valence-corrected chi connectivity index (χ3v) is 5.33. The number of carbonyl (C=O) groups excluding carboxylic acids is 2. The second-order valence-corrected chi connectivity index (χ2v) is 7.54. The largest absolute Gasteiger partial charge is 0.326 e. The Bertz CT molecular complexity index is 1040. The molecule has 10 heteroatoms. The van der Waals surface area contributed by atoms with Gasteiger partial charge in [-0.2, -0.15) is 0 Å². The van der Waals surface area contributed by atoms with Gasteiger partial charge in [0, 0.05) is 12.2 Å². The number of halogens is 2. The molecule has 0 unspecified atom stereocenters. The highest BCUT2D eigenvalue weighted by molar-refractivity contribution is 7.99. The number of para-hydroxylation sites is 1. The normalized spacial score (nSPS) is 10.6. The fraction of sp³-hybridized carbons (Fsp3) is 0.200. The molecular formula is C20H19ClFN5O2S. The summed E-state index contributed by atoms with van der Waals surface area (Å²) >= 11 is 7.27. The van der Waals surface area contributed by atoms with Crippen LogP contribution in [0.1, 0.15) is 12.7 Å². The highest BCUT2D eigenvalue weighted by Crippen LogP contribution is 2.22. The molecule has 2 amide bonds. The summed E-state index contributed by atoms with van der Waals surface area (Å²) < 4.78 is 14.7. The van der Waals surface area contributed by atoms with E-state index in [0.717, 1.165) is 0 Å². The van der Waals surface area contributed by atoms with Crippen LogP contribution >= 0.6 is 23.4 Å². The zero-order chi connectivity index (χ0) is 21.5. The summed E-state index contributed by atoms with van der Waals surface area (Å²) in [5.74, 6) is -0.304. The zero-order valence-electron chi connectivity index (χ0n) is 16.1. The number of rotatable bonds is 8. The highest BCUT2D eigenvalue weighted by atomic mass is 35.5. The van der Waals surface area contributed by atoms with Crippen LogP contribution in [0, 0.1) is 5.82 Å². The fourth-order valence-electron chi connectivity index (χ4n) is 2.64. The Morgan fingerprint density at radius 1 is 1.07 bits per heavy atom. The number of anilines is 2. The molecule has 30 heavy (non-hydrogen) atoms. The number of nitrogens with zero attached hydrogens (tertiary/aromatic N) is 3. The molecule has 2 N–H and O–H groups in total. The summed E-state index contributed by atoms with van der Waals surface area (Å²) in [6, 6.07) is 12.5. The van der Waals surface area contributed by atoms with Crippen molar-refractivity contribution < 1.29 is 14.0 Å². The lowest BCUT2D eigenvalue weighted by Gasteiger charge is -2.09. The predicted octanol–water partition coefficient (Wildman–Crippen LogP) is 4.00. The summed E-state index contributed by atoms with van der Waals surface area (Å²) in [5, 5.41) is 14.6. The van der Waals surface area contributed by atoms with Crippen LogP contribution in [-0.4, -0.2) is 32.3 Å². The van der Waals surface area contributed by atoms with Gasteiger partial charge in [-0.15, -0.1) is 10.2 Å². The van der Waals surface area contributed by atoms with Crippen LogP contribution in [0.15, 0.2) is 53.7 Å². The van der Waals surface area contributed by atoms with Gasteiger partial charge < -0.3 is 15.2 Å². The van der Waals surface area contributed by atoms with E-state index in [4.69, 9.17) is 11.6 Å². The Morgan fingerprint density at radius 3 is 2.50 bits per heavy atom. The first-order valence-electron chi connectivity index (χ1n) is 9.11. The van der Waals surface area contributed by atoms with E-state index in [9.17, 15) is 14.0 Å². The molecule has 0 spiro atoms. The summed E-state index contributed by atoms with van der Waals surface area (Å²) in [4.78, 5) is 24.5. The molecule has 0 saturated carbocycles. The lowest BCUT2D eigenvalue weighted by molar-refractivity contribution is -0.116. The van der Waals surface area contributed by atoms with Gasteiger partial charge in [-0.3, -0.25) is 9.59 Å². The molecule has 156 valence electrons. The van der Waals surface area contributed by atoms with E-state index in [1.807, 2.05) is 6.92 Å². The number of nitrogens with one attached hydrogen (secondary N) is 2. The third-order valence-electron chi connectivity index (χ3n) is 4.04. The quantitative estimate of drug-likeness (QED) is 0.509. The minimum Gasteiger partial charge on any atom is -0.326 e. The number of hydrogen-bond acceptors (Lipinski definition) is 5. The number of thioether (sulfide) groups is 1. The SMILES string of the molecule is CCn1c(CC(=O)Nc2ccc(F)cc2)nnc1SCC(=O)Nc1ccccc1Cl. The number of amides is 2. The van der Waals surface area contributed by atoms with Gasteiger partial charge in [-0.25, -0.2) is 4.39 Å². The van der Waals surface area contributed by atoms with Gasteiger partial charge in [0.25, 0.3) is 0 Å². The number of hydrogen-bond donors (Lipinski definition) is 2. The summed E-state index contributed by atoms with van der Waals surface area (Å²) in [7, 11) is 0. The molecule has 1 heterocycles. The van der Waals surface area contributed by atoms with E-state index in [-0.39, 0.29) is 29.8 Å². The van der Waals surface area contributed by atoms with Crippen LogP contribution < -0.4 is 10.6 Å². The average molecular weight is 448 g/mol. The van der Waals surface area contributed by atoms with Crippen LogP contribution in [0.3, 0.4) is 0 Å². The van der Waals surface area contributed by atoms with Crippen molar-refractivity contribution in [2.75, 3.05) is 16.4 Å². The minimum atomic E-state index is -0.376. The van der Waals surface area contributed by atoms with Gasteiger partial charge in [0.2, 0.25) is 11.8 Å². The maximum Gasteiger partial charge on any atom is 0.234 e. The summed E-state index contributed by atoms with van der Waals surface area (Å²) in [6.07, 6.45) is 0.00456. The fourth-order valence-corrected chi connectivity index (χ4v) is 3.64. The van der Waals surface area contributed by atoms with Crippen LogP contribution in [0.25, 0.3) is 0 Å². The Labute approximate surface area is 182 Å². The first-order valence-corrected chi connectivity index (χ1v) is 10.5. The molecule has 2 aromatic carbocycles. The Hall–Kier alpha value is -2.91. The first-order chi connectivity index (χ1) is 14.5. The second-order valence-electron chi connectivity index (χ2n) is 6.19. The molecule has 3 aromatic rings. The smallest absolute Gasteiger partial charge is 0.234 e. The molecule has 0 aliphatic rings. The first kappa shape index (κ1) is 21.8. The van der Waals surface area contributed by atoms with Crippen molar-refractivity contribution in [3.05, 3.63) is 65.2 Å². The van der Waals surface area contributed by atoms with E-state index in [0.29, 0.717) is 33.9 Å². The Kier molecular flexibility index (Phi) is 7.42. The molecule has 1 aromatic heterocycles. The highest BCUT2D eigenvalue weighted by Gasteiger charge is 2.16. The van der Waals surface area contributed by atoms with Crippen molar-refractivity contribution in [2.45, 2.75) is 25.0 Å². The van der Waals surface area contributed by atoms with E-state index >= 15 is 0 Å². The number of benzene rings is 2. The maximum absolute atomic E-state index is 13.0. The van der Waals surface area contributed by atoms with E-state index in [1.54, 1.807) is 28.8 Å². The van der Waals surface area contributed by atoms with Crippen molar-refractivity contribution in [3.63, 3.8) is 0 Å². The molecule has 0 aliphatic carbocycles. The Balaban J connectivity index is 1.58. The molecule has 0 radical (unpaired) electrons. The summed E-state index contributed by atoms with van der Waals surface area (Å²) in [6.45, 7) is 2.44. The van der Waals surface area contributed by atoms with Crippen molar-refractivity contribution in [3.8, 4) is 0 Å². The molecule has 0 saturated heterocycles. The van der Waals surface area contributed by atoms with Gasteiger partial charge in [-0.05, 0) is 43.3 Å². The maximum atomic E-state index is 13.0. The monoisotopic (exact) mass is 447 g/mol.